The lowest BCUT2D eigenvalue weighted by molar-refractivity contribution is 0.505. The molecule has 3 N–H and O–H groups in total. The first-order valence-electron chi connectivity index (χ1n) is 5.72. The van der Waals surface area contributed by atoms with Gasteiger partial charge in [0.2, 0.25) is 0 Å². The number of hydrogen-bond donors (Lipinski definition) is 2. The number of amidine groups is 1. The van der Waals surface area contributed by atoms with Crippen LogP contribution >= 0.6 is 15.9 Å². The van der Waals surface area contributed by atoms with E-state index in [1.807, 2.05) is 25.2 Å². The molecule has 0 heterocycles. The lowest BCUT2D eigenvalue weighted by atomic mass is 10.0. The van der Waals surface area contributed by atoms with E-state index >= 15 is 0 Å². The summed E-state index contributed by atoms with van der Waals surface area (Å²) < 4.78 is 0.866. The molecule has 1 rings (SSSR count). The van der Waals surface area contributed by atoms with Crippen molar-refractivity contribution in [2.45, 2.75) is 26.8 Å². The van der Waals surface area contributed by atoms with Crippen molar-refractivity contribution in [2.75, 3.05) is 11.9 Å². The molecular weight excluding hydrogens is 278 g/mol. The molecule has 17 heavy (non-hydrogen) atoms. The molecule has 1 atom stereocenters. The fourth-order valence-electron chi connectivity index (χ4n) is 1.74. The third kappa shape index (κ3) is 3.00. The molecule has 1 aromatic carbocycles. The molecular formula is C13H20BrN3. The number of rotatable bonds is 4. The average Bonchev–Trinajstić information content (AvgIpc) is 2.25. The predicted molar refractivity (Wildman–Crippen MR) is 77.9 cm³/mol. The highest BCUT2D eigenvalue weighted by molar-refractivity contribution is 9.10. The van der Waals surface area contributed by atoms with E-state index in [2.05, 4.69) is 41.6 Å². The van der Waals surface area contributed by atoms with Crippen molar-refractivity contribution in [1.29, 1.82) is 5.41 Å². The maximum atomic E-state index is 7.68. The zero-order valence-corrected chi connectivity index (χ0v) is 12.4. The first kappa shape index (κ1) is 14.0. The van der Waals surface area contributed by atoms with Gasteiger partial charge in [-0.2, -0.15) is 0 Å². The van der Waals surface area contributed by atoms with Crippen molar-refractivity contribution in [2.24, 2.45) is 11.7 Å². The zero-order valence-electron chi connectivity index (χ0n) is 10.8. The molecule has 0 fully saturated rings. The van der Waals surface area contributed by atoms with Crippen LogP contribution in [0.4, 0.5) is 5.69 Å². The molecule has 1 unspecified atom stereocenters. The third-order valence-electron chi connectivity index (χ3n) is 3.22. The molecule has 0 aliphatic carbocycles. The van der Waals surface area contributed by atoms with Crippen LogP contribution in [0.15, 0.2) is 22.7 Å². The van der Waals surface area contributed by atoms with Crippen LogP contribution in [0.5, 0.6) is 0 Å². The number of nitrogens with zero attached hydrogens (tertiary/aromatic N) is 1. The first-order valence-corrected chi connectivity index (χ1v) is 6.51. The molecule has 94 valence electrons. The summed E-state index contributed by atoms with van der Waals surface area (Å²) in [6.45, 7) is 6.55. The van der Waals surface area contributed by atoms with Crippen LogP contribution in [-0.4, -0.2) is 18.9 Å². The molecule has 3 nitrogen and oxygen atoms in total. The second-order valence-corrected chi connectivity index (χ2v) is 5.50. The quantitative estimate of drug-likeness (QED) is 0.662. The Balaban J connectivity index is 3.22. The minimum Gasteiger partial charge on any atom is -0.384 e. The number of nitrogens with two attached hydrogens (primary N) is 1. The Hall–Kier alpha value is -1.03. The number of benzene rings is 1. The molecule has 0 aliphatic heterocycles. The number of nitrogen functional groups attached to an aromatic ring is 1. The fraction of sp³-hybridized carbons (Fsp3) is 0.462. The van der Waals surface area contributed by atoms with E-state index in [-0.39, 0.29) is 5.84 Å². The molecule has 0 saturated carbocycles. The third-order valence-corrected chi connectivity index (χ3v) is 3.88. The first-order chi connectivity index (χ1) is 7.86. The minimum absolute atomic E-state index is 0.0929. The SMILES string of the molecule is CC(C)C(C)N(C)c1cccc(Br)c1C(=N)N. The van der Waals surface area contributed by atoms with Crippen LogP contribution in [0.3, 0.4) is 0 Å². The molecule has 0 aromatic heterocycles. The number of anilines is 1. The van der Waals surface area contributed by atoms with Gasteiger partial charge in [-0.3, -0.25) is 5.41 Å². The summed E-state index contributed by atoms with van der Waals surface area (Å²) in [4.78, 5) is 2.17. The van der Waals surface area contributed by atoms with E-state index in [4.69, 9.17) is 11.1 Å². The van der Waals surface area contributed by atoms with Crippen molar-refractivity contribution in [3.63, 3.8) is 0 Å². The van der Waals surface area contributed by atoms with Crippen LogP contribution < -0.4 is 10.6 Å². The molecule has 4 heteroatoms. The Kier molecular flexibility index (Phi) is 4.57. The fourth-order valence-corrected chi connectivity index (χ4v) is 2.31. The molecule has 0 saturated heterocycles. The van der Waals surface area contributed by atoms with Crippen LogP contribution in [0.2, 0.25) is 0 Å². The largest absolute Gasteiger partial charge is 0.384 e. The maximum absolute atomic E-state index is 7.68. The Morgan fingerprint density at radius 2 is 1.94 bits per heavy atom. The lowest BCUT2D eigenvalue weighted by Crippen LogP contribution is -2.34. The van der Waals surface area contributed by atoms with Crippen molar-refractivity contribution in [3.05, 3.63) is 28.2 Å². The molecule has 0 aliphatic rings. The summed E-state index contributed by atoms with van der Waals surface area (Å²) in [5.41, 5.74) is 7.42. The van der Waals surface area contributed by atoms with Crippen molar-refractivity contribution in [3.8, 4) is 0 Å². The highest BCUT2D eigenvalue weighted by Crippen LogP contribution is 2.29. The van der Waals surface area contributed by atoms with Gasteiger partial charge in [0, 0.05) is 23.2 Å². The normalized spacial score (nSPS) is 12.6. The van der Waals surface area contributed by atoms with Crippen LogP contribution in [0.1, 0.15) is 26.3 Å². The van der Waals surface area contributed by atoms with Gasteiger partial charge in [0.05, 0.1) is 5.56 Å². The zero-order chi connectivity index (χ0) is 13.2. The van der Waals surface area contributed by atoms with Gasteiger partial charge in [0.15, 0.2) is 0 Å². The highest BCUT2D eigenvalue weighted by Gasteiger charge is 2.18. The van der Waals surface area contributed by atoms with E-state index in [1.54, 1.807) is 0 Å². The molecule has 0 bridgehead atoms. The monoisotopic (exact) mass is 297 g/mol. The van der Waals surface area contributed by atoms with Gasteiger partial charge < -0.3 is 10.6 Å². The van der Waals surface area contributed by atoms with E-state index in [0.29, 0.717) is 12.0 Å². The van der Waals surface area contributed by atoms with Crippen molar-refractivity contribution < 1.29 is 0 Å². The summed E-state index contributed by atoms with van der Waals surface area (Å²) in [6.07, 6.45) is 0. The van der Waals surface area contributed by atoms with Crippen LogP contribution in [0, 0.1) is 11.3 Å². The Bertz CT molecular complexity index is 415. The van der Waals surface area contributed by atoms with Crippen LogP contribution in [0.25, 0.3) is 0 Å². The van der Waals surface area contributed by atoms with Crippen molar-refractivity contribution >= 4 is 27.5 Å². The van der Waals surface area contributed by atoms with E-state index in [9.17, 15) is 0 Å². The van der Waals surface area contributed by atoms with Gasteiger partial charge in [0.25, 0.3) is 0 Å². The van der Waals surface area contributed by atoms with Gasteiger partial charge in [-0.25, -0.2) is 0 Å². The smallest absolute Gasteiger partial charge is 0.126 e. The van der Waals surface area contributed by atoms with Gasteiger partial charge in [-0.05, 0) is 40.9 Å². The van der Waals surface area contributed by atoms with Crippen LogP contribution in [-0.2, 0) is 0 Å². The number of hydrogen-bond acceptors (Lipinski definition) is 2. The summed E-state index contributed by atoms with van der Waals surface area (Å²) in [6, 6.07) is 6.27. The second kappa shape index (κ2) is 5.54. The molecule has 0 spiro atoms. The summed E-state index contributed by atoms with van der Waals surface area (Å²) >= 11 is 3.45. The van der Waals surface area contributed by atoms with Gasteiger partial charge >= 0.3 is 0 Å². The second-order valence-electron chi connectivity index (χ2n) is 4.64. The Labute approximate surface area is 112 Å². The maximum Gasteiger partial charge on any atom is 0.126 e. The van der Waals surface area contributed by atoms with Gasteiger partial charge in [-0.1, -0.05) is 19.9 Å². The molecule has 1 aromatic rings. The van der Waals surface area contributed by atoms with E-state index < -0.39 is 0 Å². The topological polar surface area (TPSA) is 53.1 Å². The molecule has 0 amide bonds. The van der Waals surface area contributed by atoms with Gasteiger partial charge in [-0.15, -0.1) is 0 Å². The number of halogens is 1. The summed E-state index contributed by atoms with van der Waals surface area (Å²) in [7, 11) is 2.04. The molecule has 0 radical (unpaired) electrons. The van der Waals surface area contributed by atoms with E-state index in [1.165, 1.54) is 0 Å². The Morgan fingerprint density at radius 1 is 1.35 bits per heavy atom. The predicted octanol–water partition coefficient (Wildman–Crippen LogP) is 3.21. The summed E-state index contributed by atoms with van der Waals surface area (Å²) in [5.74, 6) is 0.633. The van der Waals surface area contributed by atoms with Gasteiger partial charge in [0.1, 0.15) is 5.84 Å². The number of nitrogens with one attached hydrogen (secondary N) is 1. The minimum atomic E-state index is 0.0929. The van der Waals surface area contributed by atoms with Crippen molar-refractivity contribution in [1.82, 2.24) is 0 Å². The standard InChI is InChI=1S/C13H20BrN3/c1-8(2)9(3)17(4)11-7-5-6-10(14)12(11)13(15)16/h5-9H,1-4H3,(H3,15,16). The summed E-state index contributed by atoms with van der Waals surface area (Å²) in [5, 5.41) is 7.68. The lowest BCUT2D eigenvalue weighted by Gasteiger charge is -2.31. The highest BCUT2D eigenvalue weighted by atomic mass is 79.9. The van der Waals surface area contributed by atoms with E-state index in [0.717, 1.165) is 15.7 Å². The Morgan fingerprint density at radius 3 is 2.41 bits per heavy atom. The average molecular weight is 298 g/mol.